The highest BCUT2D eigenvalue weighted by atomic mass is 16.3. The van der Waals surface area contributed by atoms with Crippen LogP contribution in [0.5, 0.6) is 0 Å². The van der Waals surface area contributed by atoms with Crippen molar-refractivity contribution in [3.8, 4) is 11.5 Å². The minimum absolute atomic E-state index is 0.107. The van der Waals surface area contributed by atoms with E-state index in [9.17, 15) is 4.79 Å². The van der Waals surface area contributed by atoms with Crippen LogP contribution in [0.2, 0.25) is 0 Å². The Bertz CT molecular complexity index is 605. The van der Waals surface area contributed by atoms with E-state index in [1.165, 1.54) is 5.56 Å². The van der Waals surface area contributed by atoms with Gasteiger partial charge in [-0.1, -0.05) is 31.0 Å². The van der Waals surface area contributed by atoms with Gasteiger partial charge in [-0.15, -0.1) is 0 Å². The molecular weight excluding hydrogens is 278 g/mol. The number of nitrogens with zero attached hydrogens (tertiary/aromatic N) is 1. The summed E-state index contributed by atoms with van der Waals surface area (Å²) in [6.45, 7) is 4.56. The van der Waals surface area contributed by atoms with Crippen molar-refractivity contribution in [2.24, 2.45) is 5.73 Å². The molecule has 0 radical (unpaired) electrons. The molecule has 0 aliphatic rings. The number of carbonyl (C=O) groups excluding carboxylic acids is 1. The first-order valence-electron chi connectivity index (χ1n) is 7.65. The highest BCUT2D eigenvalue weighted by Crippen LogP contribution is 2.19. The second-order valence-corrected chi connectivity index (χ2v) is 5.45. The molecule has 1 amide bonds. The van der Waals surface area contributed by atoms with Gasteiger partial charge in [0.1, 0.15) is 6.26 Å². The highest BCUT2D eigenvalue weighted by molar-refractivity contribution is 5.81. The normalized spacial score (nSPS) is 12.1. The number of carbonyl (C=O) groups is 1. The Morgan fingerprint density at radius 2 is 2.09 bits per heavy atom. The van der Waals surface area contributed by atoms with E-state index in [0.29, 0.717) is 25.3 Å². The number of amides is 1. The lowest BCUT2D eigenvalue weighted by Gasteiger charge is -2.10. The molecular formula is C17H23N3O2. The Morgan fingerprint density at radius 1 is 1.36 bits per heavy atom. The minimum atomic E-state index is -0.426. The third kappa shape index (κ3) is 4.43. The third-order valence-electron chi connectivity index (χ3n) is 3.47. The molecule has 0 spiro atoms. The van der Waals surface area contributed by atoms with Gasteiger partial charge in [-0.3, -0.25) is 4.79 Å². The largest absolute Gasteiger partial charge is 0.444 e. The molecule has 5 nitrogen and oxygen atoms in total. The zero-order valence-electron chi connectivity index (χ0n) is 13.1. The van der Waals surface area contributed by atoms with E-state index < -0.39 is 6.04 Å². The number of rotatable bonds is 7. The van der Waals surface area contributed by atoms with Crippen LogP contribution in [0.4, 0.5) is 0 Å². The molecule has 1 unspecified atom stereocenters. The summed E-state index contributed by atoms with van der Waals surface area (Å²) in [6, 6.07) is 7.58. The summed E-state index contributed by atoms with van der Waals surface area (Å²) >= 11 is 0. The van der Waals surface area contributed by atoms with Gasteiger partial charge in [0.25, 0.3) is 0 Å². The number of aryl methyl sites for hydroxylation is 1. The zero-order valence-corrected chi connectivity index (χ0v) is 13.1. The van der Waals surface area contributed by atoms with Crippen LogP contribution in [0.25, 0.3) is 11.5 Å². The number of hydrogen-bond acceptors (Lipinski definition) is 4. The molecule has 2 aromatic rings. The Balaban J connectivity index is 1.85. The molecule has 118 valence electrons. The summed E-state index contributed by atoms with van der Waals surface area (Å²) < 4.78 is 5.49. The maximum Gasteiger partial charge on any atom is 0.236 e. The maximum atomic E-state index is 11.7. The lowest BCUT2D eigenvalue weighted by molar-refractivity contribution is -0.122. The molecule has 1 aromatic heterocycles. The number of benzene rings is 1. The fourth-order valence-electron chi connectivity index (χ4n) is 2.14. The van der Waals surface area contributed by atoms with Crippen LogP contribution < -0.4 is 11.1 Å². The fourth-order valence-corrected chi connectivity index (χ4v) is 2.14. The summed E-state index contributed by atoms with van der Waals surface area (Å²) in [7, 11) is 0. The monoisotopic (exact) mass is 301 g/mol. The van der Waals surface area contributed by atoms with Crippen LogP contribution in [-0.4, -0.2) is 23.5 Å². The van der Waals surface area contributed by atoms with Crippen molar-refractivity contribution in [1.29, 1.82) is 0 Å². The number of nitrogens with two attached hydrogens (primary N) is 1. The van der Waals surface area contributed by atoms with Crippen LogP contribution in [-0.2, 0) is 11.2 Å². The average Bonchev–Trinajstić information content (AvgIpc) is 2.97. The minimum Gasteiger partial charge on any atom is -0.444 e. The van der Waals surface area contributed by atoms with Crippen molar-refractivity contribution in [2.75, 3.05) is 6.54 Å². The SMILES string of the molecule is CCCC(N)C(=O)NCCc1coc(-c2ccc(C)cc2)n1. The zero-order chi connectivity index (χ0) is 15.9. The first-order chi connectivity index (χ1) is 10.6. The molecule has 0 fully saturated rings. The average molecular weight is 301 g/mol. The summed E-state index contributed by atoms with van der Waals surface area (Å²) in [6.07, 6.45) is 3.86. The fraction of sp³-hybridized carbons (Fsp3) is 0.412. The lowest BCUT2D eigenvalue weighted by atomic mass is 10.1. The van der Waals surface area contributed by atoms with E-state index in [0.717, 1.165) is 17.7 Å². The molecule has 3 N–H and O–H groups in total. The molecule has 1 heterocycles. The molecule has 2 rings (SSSR count). The van der Waals surface area contributed by atoms with Gasteiger partial charge < -0.3 is 15.5 Å². The van der Waals surface area contributed by atoms with E-state index in [1.807, 2.05) is 38.1 Å². The van der Waals surface area contributed by atoms with E-state index in [2.05, 4.69) is 10.3 Å². The molecule has 0 saturated heterocycles. The van der Waals surface area contributed by atoms with E-state index >= 15 is 0 Å². The second kappa shape index (κ2) is 7.75. The molecule has 0 aliphatic carbocycles. The van der Waals surface area contributed by atoms with Gasteiger partial charge in [-0.25, -0.2) is 4.98 Å². The van der Waals surface area contributed by atoms with Crippen molar-refractivity contribution in [1.82, 2.24) is 10.3 Å². The summed E-state index contributed by atoms with van der Waals surface area (Å²) in [5, 5.41) is 2.83. The highest BCUT2D eigenvalue weighted by Gasteiger charge is 2.12. The first-order valence-corrected chi connectivity index (χ1v) is 7.65. The Kier molecular flexibility index (Phi) is 5.72. The van der Waals surface area contributed by atoms with Gasteiger partial charge in [-0.2, -0.15) is 0 Å². The van der Waals surface area contributed by atoms with Crippen LogP contribution in [0.1, 0.15) is 31.0 Å². The Morgan fingerprint density at radius 3 is 2.77 bits per heavy atom. The van der Waals surface area contributed by atoms with Crippen molar-refractivity contribution in [3.63, 3.8) is 0 Å². The third-order valence-corrected chi connectivity index (χ3v) is 3.47. The predicted octanol–water partition coefficient (Wildman–Crippen LogP) is 2.44. The number of oxazole rings is 1. The Hall–Kier alpha value is -2.14. The number of aromatic nitrogens is 1. The van der Waals surface area contributed by atoms with Crippen LogP contribution in [0.15, 0.2) is 34.9 Å². The van der Waals surface area contributed by atoms with Crippen molar-refractivity contribution >= 4 is 5.91 Å². The van der Waals surface area contributed by atoms with Crippen molar-refractivity contribution in [2.45, 2.75) is 39.2 Å². The van der Waals surface area contributed by atoms with E-state index in [4.69, 9.17) is 10.2 Å². The van der Waals surface area contributed by atoms with Gasteiger partial charge in [0.15, 0.2) is 0 Å². The summed E-state index contributed by atoms with van der Waals surface area (Å²) in [5.74, 6) is 0.494. The van der Waals surface area contributed by atoms with Gasteiger partial charge in [0, 0.05) is 18.5 Å². The topological polar surface area (TPSA) is 81.2 Å². The first kappa shape index (κ1) is 16.2. The molecule has 1 atom stereocenters. The smallest absolute Gasteiger partial charge is 0.236 e. The molecule has 22 heavy (non-hydrogen) atoms. The van der Waals surface area contributed by atoms with Crippen molar-refractivity contribution < 1.29 is 9.21 Å². The van der Waals surface area contributed by atoms with E-state index in [-0.39, 0.29) is 5.91 Å². The van der Waals surface area contributed by atoms with Crippen molar-refractivity contribution in [3.05, 3.63) is 41.8 Å². The van der Waals surface area contributed by atoms with Gasteiger partial charge in [0.05, 0.1) is 11.7 Å². The molecule has 5 heteroatoms. The quantitative estimate of drug-likeness (QED) is 0.823. The summed E-state index contributed by atoms with van der Waals surface area (Å²) in [4.78, 5) is 16.1. The van der Waals surface area contributed by atoms with Crippen LogP contribution in [0, 0.1) is 6.92 Å². The standard InChI is InChI=1S/C17H23N3O2/c1-3-4-15(18)16(21)19-10-9-14-11-22-17(20-14)13-7-5-12(2)6-8-13/h5-8,11,15H,3-4,9-10,18H2,1-2H3,(H,19,21). The van der Waals surface area contributed by atoms with Crippen LogP contribution in [0.3, 0.4) is 0 Å². The molecule has 0 aliphatic heterocycles. The second-order valence-electron chi connectivity index (χ2n) is 5.45. The number of hydrogen-bond donors (Lipinski definition) is 2. The number of nitrogens with one attached hydrogen (secondary N) is 1. The van der Waals surface area contributed by atoms with E-state index in [1.54, 1.807) is 6.26 Å². The maximum absolute atomic E-state index is 11.7. The molecule has 0 saturated carbocycles. The summed E-state index contributed by atoms with van der Waals surface area (Å²) in [5.41, 5.74) is 8.72. The molecule has 0 bridgehead atoms. The predicted molar refractivity (Wildman–Crippen MR) is 86.3 cm³/mol. The lowest BCUT2D eigenvalue weighted by Crippen LogP contribution is -2.41. The van der Waals surface area contributed by atoms with Gasteiger partial charge in [-0.05, 0) is 25.5 Å². The van der Waals surface area contributed by atoms with Gasteiger partial charge >= 0.3 is 0 Å². The van der Waals surface area contributed by atoms with Crippen LogP contribution >= 0.6 is 0 Å². The Labute approximate surface area is 130 Å². The van der Waals surface area contributed by atoms with Gasteiger partial charge in [0.2, 0.25) is 11.8 Å². The molecule has 1 aromatic carbocycles.